The molecule has 2 aromatic rings. The van der Waals surface area contributed by atoms with E-state index in [2.05, 4.69) is 20.6 Å². The van der Waals surface area contributed by atoms with Crippen molar-refractivity contribution in [3.8, 4) is 0 Å². The van der Waals surface area contributed by atoms with Gasteiger partial charge in [0.1, 0.15) is 6.33 Å². The molecule has 1 aliphatic heterocycles. The molecule has 0 unspecified atom stereocenters. The van der Waals surface area contributed by atoms with Gasteiger partial charge >= 0.3 is 0 Å². The van der Waals surface area contributed by atoms with E-state index < -0.39 is 0 Å². The van der Waals surface area contributed by atoms with Crippen LogP contribution in [0.4, 0.5) is 11.4 Å². The van der Waals surface area contributed by atoms with E-state index in [0.29, 0.717) is 11.3 Å². The quantitative estimate of drug-likeness (QED) is 0.861. The first-order valence-electron chi connectivity index (χ1n) is 6.26. The summed E-state index contributed by atoms with van der Waals surface area (Å²) in [4.78, 5) is 19.8. The molecule has 1 aliphatic rings. The van der Waals surface area contributed by atoms with Crippen molar-refractivity contribution < 1.29 is 4.79 Å². The number of nitrogens with one attached hydrogen (secondary N) is 2. The van der Waals surface area contributed by atoms with Gasteiger partial charge in [0.2, 0.25) is 0 Å². The van der Waals surface area contributed by atoms with Gasteiger partial charge in [-0.1, -0.05) is 0 Å². The number of hydrogen-bond acceptors (Lipinski definition) is 4. The molecule has 2 N–H and O–H groups in total. The predicted octanol–water partition coefficient (Wildman–Crippen LogP) is 2.09. The van der Waals surface area contributed by atoms with Crippen LogP contribution in [0.2, 0.25) is 0 Å². The summed E-state index contributed by atoms with van der Waals surface area (Å²) in [6.45, 7) is 1.000. The van der Waals surface area contributed by atoms with Crippen LogP contribution >= 0.6 is 0 Å². The van der Waals surface area contributed by atoms with Gasteiger partial charge in [-0.15, -0.1) is 0 Å². The third-order valence-electron chi connectivity index (χ3n) is 3.12. The minimum absolute atomic E-state index is 0.136. The summed E-state index contributed by atoms with van der Waals surface area (Å²) in [5, 5.41) is 6.11. The Hall–Kier alpha value is -2.43. The average Bonchev–Trinajstić information content (AvgIpc) is 2.48. The van der Waals surface area contributed by atoms with Gasteiger partial charge in [-0.3, -0.25) is 4.79 Å². The zero-order valence-corrected chi connectivity index (χ0v) is 10.4. The summed E-state index contributed by atoms with van der Waals surface area (Å²) in [6, 6.07) is 5.74. The van der Waals surface area contributed by atoms with E-state index in [0.717, 1.165) is 25.1 Å². The molecule has 5 heteroatoms. The van der Waals surface area contributed by atoms with Crippen molar-refractivity contribution in [2.75, 3.05) is 17.2 Å². The van der Waals surface area contributed by atoms with Crippen LogP contribution in [0, 0.1) is 0 Å². The van der Waals surface area contributed by atoms with Crippen molar-refractivity contribution in [3.63, 3.8) is 0 Å². The molecule has 0 saturated heterocycles. The van der Waals surface area contributed by atoms with Crippen molar-refractivity contribution in [2.45, 2.75) is 12.8 Å². The third kappa shape index (κ3) is 2.54. The van der Waals surface area contributed by atoms with Gasteiger partial charge in [-0.2, -0.15) is 0 Å². The van der Waals surface area contributed by atoms with E-state index in [9.17, 15) is 4.79 Å². The van der Waals surface area contributed by atoms with Crippen LogP contribution in [0.3, 0.4) is 0 Å². The molecule has 0 aliphatic carbocycles. The second kappa shape index (κ2) is 5.06. The Morgan fingerprint density at radius 1 is 1.26 bits per heavy atom. The number of amides is 1. The maximum absolute atomic E-state index is 12.1. The number of benzene rings is 1. The number of anilines is 2. The lowest BCUT2D eigenvalue weighted by Gasteiger charge is -2.18. The molecule has 19 heavy (non-hydrogen) atoms. The first-order chi connectivity index (χ1) is 9.33. The highest BCUT2D eigenvalue weighted by Gasteiger charge is 2.12. The molecule has 0 spiro atoms. The fourth-order valence-corrected chi connectivity index (χ4v) is 2.18. The highest BCUT2D eigenvalue weighted by atomic mass is 16.1. The number of aryl methyl sites for hydroxylation is 1. The molecule has 3 rings (SSSR count). The molecular weight excluding hydrogens is 240 g/mol. The average molecular weight is 254 g/mol. The van der Waals surface area contributed by atoms with E-state index >= 15 is 0 Å². The number of nitrogens with zero attached hydrogens (tertiary/aromatic N) is 2. The molecule has 1 aromatic heterocycles. The summed E-state index contributed by atoms with van der Waals surface area (Å²) in [5.41, 5.74) is 3.59. The van der Waals surface area contributed by atoms with Gasteiger partial charge in [0.25, 0.3) is 5.91 Å². The highest BCUT2D eigenvalue weighted by molar-refractivity contribution is 6.04. The Bertz CT molecular complexity index is 598. The minimum Gasteiger partial charge on any atom is -0.385 e. The lowest BCUT2D eigenvalue weighted by atomic mass is 10.0. The predicted molar refractivity (Wildman–Crippen MR) is 73.2 cm³/mol. The first kappa shape index (κ1) is 11.6. The van der Waals surface area contributed by atoms with Crippen LogP contribution in [0.1, 0.15) is 22.3 Å². The second-order valence-corrected chi connectivity index (χ2v) is 4.48. The van der Waals surface area contributed by atoms with Gasteiger partial charge < -0.3 is 10.6 Å². The summed E-state index contributed by atoms with van der Waals surface area (Å²) >= 11 is 0. The van der Waals surface area contributed by atoms with Crippen molar-refractivity contribution in [3.05, 3.63) is 48.0 Å². The number of rotatable bonds is 2. The summed E-state index contributed by atoms with van der Waals surface area (Å²) in [7, 11) is 0. The number of hydrogen-bond donors (Lipinski definition) is 2. The Labute approximate surface area is 111 Å². The molecular formula is C14H14N4O. The van der Waals surface area contributed by atoms with Crippen molar-refractivity contribution in [2.24, 2.45) is 0 Å². The van der Waals surface area contributed by atoms with E-state index in [4.69, 9.17) is 0 Å². The summed E-state index contributed by atoms with van der Waals surface area (Å²) in [6.07, 6.45) is 6.69. The minimum atomic E-state index is -0.136. The molecule has 1 amide bonds. The Balaban J connectivity index is 1.80. The number of fused-ring (bicyclic) bond motifs is 1. The van der Waals surface area contributed by atoms with Gasteiger partial charge in [0, 0.05) is 17.8 Å². The van der Waals surface area contributed by atoms with Crippen LogP contribution in [0.25, 0.3) is 0 Å². The monoisotopic (exact) mass is 254 g/mol. The largest absolute Gasteiger partial charge is 0.385 e. The molecule has 0 radical (unpaired) electrons. The molecule has 5 nitrogen and oxygen atoms in total. The van der Waals surface area contributed by atoms with Crippen LogP contribution in [-0.4, -0.2) is 22.4 Å². The third-order valence-corrected chi connectivity index (χ3v) is 3.12. The Morgan fingerprint density at radius 2 is 2.11 bits per heavy atom. The molecule has 0 atom stereocenters. The van der Waals surface area contributed by atoms with Crippen molar-refractivity contribution >= 4 is 17.3 Å². The number of aromatic nitrogens is 2. The standard InChI is InChI=1S/C14H14N4O/c19-14(18-12-7-15-9-16-8-12)11-3-4-13-10(6-11)2-1-5-17-13/h3-4,6-9,17H,1-2,5H2,(H,18,19). The fraction of sp³-hybridized carbons (Fsp3) is 0.214. The maximum atomic E-state index is 12.1. The molecule has 0 bridgehead atoms. The zero-order valence-electron chi connectivity index (χ0n) is 10.4. The van der Waals surface area contributed by atoms with Crippen molar-refractivity contribution in [1.82, 2.24) is 9.97 Å². The smallest absolute Gasteiger partial charge is 0.255 e. The molecule has 0 saturated carbocycles. The highest BCUT2D eigenvalue weighted by Crippen LogP contribution is 2.23. The van der Waals surface area contributed by atoms with Crippen LogP contribution in [0.15, 0.2) is 36.9 Å². The van der Waals surface area contributed by atoms with Crippen LogP contribution < -0.4 is 10.6 Å². The van der Waals surface area contributed by atoms with Gasteiger partial charge in [-0.25, -0.2) is 9.97 Å². The van der Waals surface area contributed by atoms with E-state index in [1.54, 1.807) is 12.4 Å². The zero-order chi connectivity index (χ0) is 13.1. The van der Waals surface area contributed by atoms with E-state index in [1.807, 2.05) is 18.2 Å². The van der Waals surface area contributed by atoms with Crippen molar-refractivity contribution in [1.29, 1.82) is 0 Å². The lowest BCUT2D eigenvalue weighted by molar-refractivity contribution is 0.102. The fourth-order valence-electron chi connectivity index (χ4n) is 2.18. The van der Waals surface area contributed by atoms with Gasteiger partial charge in [0.05, 0.1) is 18.1 Å². The normalized spacial score (nSPS) is 13.3. The van der Waals surface area contributed by atoms with Crippen LogP contribution in [0.5, 0.6) is 0 Å². The first-order valence-corrected chi connectivity index (χ1v) is 6.26. The SMILES string of the molecule is O=C(Nc1cncnc1)c1ccc2c(c1)CCCN2. The van der Waals surface area contributed by atoms with E-state index in [-0.39, 0.29) is 5.91 Å². The molecule has 96 valence electrons. The number of carbonyl (C=O) groups excluding carboxylic acids is 1. The van der Waals surface area contributed by atoms with Crippen LogP contribution in [-0.2, 0) is 6.42 Å². The van der Waals surface area contributed by atoms with Gasteiger partial charge in [-0.05, 0) is 36.6 Å². The Morgan fingerprint density at radius 3 is 2.95 bits per heavy atom. The Kier molecular flexibility index (Phi) is 3.10. The second-order valence-electron chi connectivity index (χ2n) is 4.48. The topological polar surface area (TPSA) is 66.9 Å². The maximum Gasteiger partial charge on any atom is 0.255 e. The molecule has 2 heterocycles. The van der Waals surface area contributed by atoms with E-state index in [1.165, 1.54) is 11.9 Å². The summed E-state index contributed by atoms with van der Waals surface area (Å²) in [5.74, 6) is -0.136. The molecule has 0 fully saturated rings. The lowest BCUT2D eigenvalue weighted by Crippen LogP contribution is -2.15. The number of carbonyl (C=O) groups is 1. The summed E-state index contributed by atoms with van der Waals surface area (Å²) < 4.78 is 0. The van der Waals surface area contributed by atoms with Gasteiger partial charge in [0.15, 0.2) is 0 Å². The molecule has 1 aromatic carbocycles.